The number of hydrogen-bond acceptors (Lipinski definition) is 3. The Balaban J connectivity index is 1.56. The van der Waals surface area contributed by atoms with Gasteiger partial charge >= 0.3 is 6.03 Å². The van der Waals surface area contributed by atoms with Crippen molar-refractivity contribution in [3.63, 3.8) is 0 Å². The van der Waals surface area contributed by atoms with Gasteiger partial charge in [0, 0.05) is 32.2 Å². The van der Waals surface area contributed by atoms with E-state index in [0.717, 1.165) is 38.0 Å². The molecule has 1 aromatic carbocycles. The van der Waals surface area contributed by atoms with Crippen molar-refractivity contribution in [2.24, 2.45) is 5.92 Å². The number of likely N-dealkylation sites (N-methyl/N-ethyl adjacent to an activating group) is 2. The Hall–Kier alpha value is -1.66. The Bertz CT molecular complexity index is 575. The number of nitrogens with one attached hydrogen (secondary N) is 2. The van der Waals surface area contributed by atoms with Crippen molar-refractivity contribution in [1.29, 1.82) is 0 Å². The lowest BCUT2D eigenvalue weighted by atomic mass is 9.77. The fourth-order valence-electron chi connectivity index (χ4n) is 3.64. The van der Waals surface area contributed by atoms with Crippen LogP contribution in [0.4, 0.5) is 9.18 Å². The number of amides is 2. The molecule has 0 aromatic heterocycles. The molecular formula is C19H29FN4O. The number of rotatable bonds is 5. The second-order valence-corrected chi connectivity index (χ2v) is 7.47. The molecule has 0 bridgehead atoms. The number of carbonyl (C=O) groups excluding carboxylic acids is 1. The van der Waals surface area contributed by atoms with E-state index in [1.807, 2.05) is 0 Å². The first kappa shape index (κ1) is 18.1. The lowest BCUT2D eigenvalue weighted by Gasteiger charge is -2.38. The normalized spacial score (nSPS) is 23.7. The number of carbonyl (C=O) groups is 1. The van der Waals surface area contributed by atoms with Gasteiger partial charge in [0.15, 0.2) is 0 Å². The molecule has 6 heteroatoms. The van der Waals surface area contributed by atoms with Gasteiger partial charge in [-0.05, 0) is 50.6 Å². The highest BCUT2D eigenvalue weighted by molar-refractivity contribution is 5.74. The van der Waals surface area contributed by atoms with Gasteiger partial charge in [0.2, 0.25) is 0 Å². The molecule has 2 aliphatic rings. The maximum atomic E-state index is 13.2. The van der Waals surface area contributed by atoms with E-state index in [1.54, 1.807) is 12.1 Å². The Morgan fingerprint density at radius 2 is 1.96 bits per heavy atom. The summed E-state index contributed by atoms with van der Waals surface area (Å²) in [5, 5.41) is 6.14. The van der Waals surface area contributed by atoms with Crippen LogP contribution in [-0.2, 0) is 0 Å². The standard InChI is InChI=1S/C19H29FN4O/c1-23-10-11-24(2)17(13-23)12-21-19(25)22-18(14-4-3-5-14)15-6-8-16(20)9-7-15/h6-9,14,17-18H,3-5,10-13H2,1-2H3,(H2,21,22,25)/t17-,18+/m0/s1. The Morgan fingerprint density at radius 1 is 1.24 bits per heavy atom. The van der Waals surface area contributed by atoms with Crippen molar-refractivity contribution in [2.75, 3.05) is 40.3 Å². The highest BCUT2D eigenvalue weighted by Crippen LogP contribution is 2.37. The van der Waals surface area contributed by atoms with Crippen LogP contribution in [0.2, 0.25) is 0 Å². The molecule has 5 nitrogen and oxygen atoms in total. The average Bonchev–Trinajstić information content (AvgIpc) is 2.54. The zero-order valence-electron chi connectivity index (χ0n) is 15.2. The quantitative estimate of drug-likeness (QED) is 0.858. The number of urea groups is 1. The van der Waals surface area contributed by atoms with Crippen molar-refractivity contribution in [2.45, 2.75) is 31.3 Å². The number of benzene rings is 1. The minimum atomic E-state index is -0.245. The van der Waals surface area contributed by atoms with Gasteiger partial charge in [0.05, 0.1) is 6.04 Å². The van der Waals surface area contributed by atoms with Crippen LogP contribution in [0.15, 0.2) is 24.3 Å². The number of hydrogen-bond donors (Lipinski definition) is 2. The molecule has 0 spiro atoms. The van der Waals surface area contributed by atoms with E-state index < -0.39 is 0 Å². The maximum absolute atomic E-state index is 13.2. The van der Waals surface area contributed by atoms with Crippen molar-refractivity contribution in [3.8, 4) is 0 Å². The van der Waals surface area contributed by atoms with E-state index in [2.05, 4.69) is 34.5 Å². The predicted octanol–water partition coefficient (Wildman–Crippen LogP) is 2.21. The number of piperazine rings is 1. The van der Waals surface area contributed by atoms with Crippen LogP contribution in [0.25, 0.3) is 0 Å². The van der Waals surface area contributed by atoms with Gasteiger partial charge < -0.3 is 15.5 Å². The van der Waals surface area contributed by atoms with E-state index in [-0.39, 0.29) is 17.9 Å². The third kappa shape index (κ3) is 4.70. The largest absolute Gasteiger partial charge is 0.337 e. The van der Waals surface area contributed by atoms with E-state index in [4.69, 9.17) is 0 Å². The van der Waals surface area contributed by atoms with Crippen molar-refractivity contribution in [1.82, 2.24) is 20.4 Å². The van der Waals surface area contributed by atoms with Gasteiger partial charge in [-0.1, -0.05) is 18.6 Å². The average molecular weight is 348 g/mol. The zero-order valence-corrected chi connectivity index (χ0v) is 15.2. The second-order valence-electron chi connectivity index (χ2n) is 7.47. The van der Waals surface area contributed by atoms with Crippen molar-refractivity contribution in [3.05, 3.63) is 35.6 Å². The van der Waals surface area contributed by atoms with E-state index >= 15 is 0 Å². The molecule has 2 N–H and O–H groups in total. The van der Waals surface area contributed by atoms with Crippen LogP contribution in [0.5, 0.6) is 0 Å². The van der Waals surface area contributed by atoms with Crippen molar-refractivity contribution >= 4 is 6.03 Å². The van der Waals surface area contributed by atoms with Crippen LogP contribution in [-0.4, -0.2) is 62.1 Å². The molecule has 0 radical (unpaired) electrons. The lowest BCUT2D eigenvalue weighted by molar-refractivity contribution is 0.114. The van der Waals surface area contributed by atoms with E-state index in [0.29, 0.717) is 18.5 Å². The van der Waals surface area contributed by atoms with Gasteiger partial charge in [-0.25, -0.2) is 9.18 Å². The second kappa shape index (κ2) is 8.15. The fourth-order valence-corrected chi connectivity index (χ4v) is 3.64. The summed E-state index contributed by atoms with van der Waals surface area (Å²) in [7, 11) is 4.22. The third-order valence-corrected chi connectivity index (χ3v) is 5.62. The molecule has 3 rings (SSSR count). The van der Waals surface area contributed by atoms with E-state index in [1.165, 1.54) is 18.6 Å². The minimum Gasteiger partial charge on any atom is -0.337 e. The molecular weight excluding hydrogens is 319 g/mol. The highest BCUT2D eigenvalue weighted by atomic mass is 19.1. The Morgan fingerprint density at radius 3 is 2.60 bits per heavy atom. The summed E-state index contributed by atoms with van der Waals surface area (Å²) in [5.74, 6) is 0.199. The van der Waals surface area contributed by atoms with Gasteiger partial charge in [0.25, 0.3) is 0 Å². The summed E-state index contributed by atoms with van der Waals surface area (Å²) in [4.78, 5) is 17.0. The monoisotopic (exact) mass is 348 g/mol. The molecule has 2 atom stereocenters. The molecule has 0 unspecified atom stereocenters. The summed E-state index contributed by atoms with van der Waals surface area (Å²) in [6.45, 7) is 3.67. The SMILES string of the molecule is CN1CCN(C)[C@@H](CNC(=O)N[C@@H](c2ccc(F)cc2)C2CCC2)C1. The Kier molecular flexibility index (Phi) is 5.91. The van der Waals surface area contributed by atoms with Gasteiger partial charge in [-0.15, -0.1) is 0 Å². The number of nitrogens with zero attached hydrogens (tertiary/aromatic N) is 2. The summed E-state index contributed by atoms with van der Waals surface area (Å²) < 4.78 is 13.2. The summed E-state index contributed by atoms with van der Waals surface area (Å²) >= 11 is 0. The first-order valence-corrected chi connectivity index (χ1v) is 9.21. The van der Waals surface area contributed by atoms with Crippen LogP contribution < -0.4 is 10.6 Å². The maximum Gasteiger partial charge on any atom is 0.315 e. The van der Waals surface area contributed by atoms with E-state index in [9.17, 15) is 9.18 Å². The Labute approximate surface area is 149 Å². The number of halogens is 1. The smallest absolute Gasteiger partial charge is 0.315 e. The summed E-state index contributed by atoms with van der Waals surface area (Å²) in [6.07, 6.45) is 3.42. The first-order chi connectivity index (χ1) is 12.0. The van der Waals surface area contributed by atoms with Crippen LogP contribution in [0, 0.1) is 11.7 Å². The molecule has 25 heavy (non-hydrogen) atoms. The van der Waals surface area contributed by atoms with Crippen LogP contribution in [0.3, 0.4) is 0 Å². The molecule has 138 valence electrons. The highest BCUT2D eigenvalue weighted by Gasteiger charge is 2.30. The van der Waals surface area contributed by atoms with Gasteiger partial charge in [0.1, 0.15) is 5.82 Å². The minimum absolute atomic E-state index is 0.0406. The fraction of sp³-hybridized carbons (Fsp3) is 0.632. The summed E-state index contributed by atoms with van der Waals surface area (Å²) in [6, 6.07) is 6.65. The van der Waals surface area contributed by atoms with Crippen LogP contribution >= 0.6 is 0 Å². The molecule has 1 aliphatic heterocycles. The molecule has 1 saturated heterocycles. The van der Waals surface area contributed by atoms with Gasteiger partial charge in [-0.3, -0.25) is 4.90 Å². The molecule has 1 aromatic rings. The first-order valence-electron chi connectivity index (χ1n) is 9.21. The lowest BCUT2D eigenvalue weighted by Crippen LogP contribution is -2.55. The zero-order chi connectivity index (χ0) is 17.8. The topological polar surface area (TPSA) is 47.6 Å². The molecule has 2 amide bonds. The molecule has 1 heterocycles. The molecule has 1 aliphatic carbocycles. The van der Waals surface area contributed by atoms with Gasteiger partial charge in [-0.2, -0.15) is 0 Å². The van der Waals surface area contributed by atoms with Crippen LogP contribution in [0.1, 0.15) is 30.9 Å². The molecule has 2 fully saturated rings. The predicted molar refractivity (Wildman–Crippen MR) is 96.9 cm³/mol. The summed E-state index contributed by atoms with van der Waals surface area (Å²) in [5.41, 5.74) is 0.982. The third-order valence-electron chi connectivity index (χ3n) is 5.62. The molecule has 1 saturated carbocycles. The van der Waals surface area contributed by atoms with Crippen molar-refractivity contribution < 1.29 is 9.18 Å².